The van der Waals surface area contributed by atoms with Gasteiger partial charge >= 0.3 is 0 Å². The minimum atomic E-state index is -0.423. The van der Waals surface area contributed by atoms with Crippen LogP contribution >= 0.6 is 11.6 Å². The third-order valence-corrected chi connectivity index (χ3v) is 3.89. The molecule has 1 amide bonds. The second kappa shape index (κ2) is 7.49. The number of amides is 1. The summed E-state index contributed by atoms with van der Waals surface area (Å²) < 4.78 is 12.3. The van der Waals surface area contributed by atoms with E-state index in [2.05, 4.69) is 25.4 Å². The van der Waals surface area contributed by atoms with Crippen molar-refractivity contribution in [3.8, 4) is 17.4 Å². The van der Waals surface area contributed by atoms with Gasteiger partial charge in [0.2, 0.25) is 5.88 Å². The fraction of sp³-hybridized carbons (Fsp3) is 0.0556. The fourth-order valence-corrected chi connectivity index (χ4v) is 2.65. The molecule has 4 heterocycles. The van der Waals surface area contributed by atoms with E-state index in [1.165, 1.54) is 30.3 Å². The summed E-state index contributed by atoms with van der Waals surface area (Å²) in [4.78, 5) is 25.1. The minimum Gasteiger partial charge on any atom is -0.481 e. The first-order valence-corrected chi connectivity index (χ1v) is 8.44. The summed E-state index contributed by atoms with van der Waals surface area (Å²) in [7, 11) is 1.50. The van der Waals surface area contributed by atoms with Crippen molar-refractivity contribution in [2.24, 2.45) is 0 Å². The van der Waals surface area contributed by atoms with Crippen LogP contribution < -0.4 is 14.8 Å². The Morgan fingerprint density at radius 1 is 1.21 bits per heavy atom. The van der Waals surface area contributed by atoms with Crippen LogP contribution in [0, 0.1) is 0 Å². The van der Waals surface area contributed by atoms with E-state index in [1.807, 2.05) is 0 Å². The van der Waals surface area contributed by atoms with Gasteiger partial charge in [0, 0.05) is 18.3 Å². The SMILES string of the molecule is COc1cccc(NC(=O)c2cc(Oc3cncc(Cl)c3)cn3ncnc23)n1. The molecule has 140 valence electrons. The zero-order valence-corrected chi connectivity index (χ0v) is 15.3. The first kappa shape index (κ1) is 17.7. The second-order valence-electron chi connectivity index (χ2n) is 5.58. The van der Waals surface area contributed by atoms with E-state index in [4.69, 9.17) is 21.1 Å². The Kier molecular flexibility index (Phi) is 4.73. The molecule has 1 N–H and O–H groups in total. The molecule has 0 spiro atoms. The zero-order valence-electron chi connectivity index (χ0n) is 14.5. The van der Waals surface area contributed by atoms with Gasteiger partial charge < -0.3 is 14.8 Å². The Balaban J connectivity index is 1.67. The second-order valence-corrected chi connectivity index (χ2v) is 6.01. The lowest BCUT2D eigenvalue weighted by molar-refractivity contribution is 0.102. The average molecular weight is 397 g/mol. The van der Waals surface area contributed by atoms with Crippen LogP contribution in [0.3, 0.4) is 0 Å². The third kappa shape index (κ3) is 3.69. The Morgan fingerprint density at radius 2 is 2.11 bits per heavy atom. The molecule has 0 radical (unpaired) electrons. The molecule has 28 heavy (non-hydrogen) atoms. The lowest BCUT2D eigenvalue weighted by Crippen LogP contribution is -2.15. The van der Waals surface area contributed by atoms with Gasteiger partial charge in [0.15, 0.2) is 5.65 Å². The highest BCUT2D eigenvalue weighted by Gasteiger charge is 2.16. The number of anilines is 1. The first-order chi connectivity index (χ1) is 13.6. The van der Waals surface area contributed by atoms with Crippen molar-refractivity contribution in [1.29, 1.82) is 0 Å². The van der Waals surface area contributed by atoms with Gasteiger partial charge in [0.1, 0.15) is 23.6 Å². The van der Waals surface area contributed by atoms with Crippen LogP contribution in [0.5, 0.6) is 17.4 Å². The number of carbonyl (C=O) groups is 1. The quantitative estimate of drug-likeness (QED) is 0.552. The van der Waals surface area contributed by atoms with Crippen molar-refractivity contribution in [1.82, 2.24) is 24.6 Å². The van der Waals surface area contributed by atoms with Crippen LogP contribution in [0.4, 0.5) is 5.82 Å². The van der Waals surface area contributed by atoms with Crippen molar-refractivity contribution in [3.63, 3.8) is 0 Å². The monoisotopic (exact) mass is 396 g/mol. The first-order valence-electron chi connectivity index (χ1n) is 8.06. The zero-order chi connectivity index (χ0) is 19.5. The van der Waals surface area contributed by atoms with E-state index in [9.17, 15) is 4.79 Å². The van der Waals surface area contributed by atoms with Crippen LogP contribution in [0.1, 0.15) is 10.4 Å². The average Bonchev–Trinajstić information content (AvgIpc) is 3.16. The molecule has 4 aromatic heterocycles. The van der Waals surface area contributed by atoms with E-state index in [1.54, 1.807) is 36.5 Å². The molecule has 4 rings (SSSR count). The number of hydrogen-bond acceptors (Lipinski definition) is 7. The number of hydrogen-bond donors (Lipinski definition) is 1. The highest BCUT2D eigenvalue weighted by Crippen LogP contribution is 2.25. The van der Waals surface area contributed by atoms with Crippen molar-refractivity contribution in [2.45, 2.75) is 0 Å². The summed E-state index contributed by atoms with van der Waals surface area (Å²) in [6.45, 7) is 0. The number of nitrogens with zero attached hydrogens (tertiary/aromatic N) is 5. The lowest BCUT2D eigenvalue weighted by Gasteiger charge is -2.10. The highest BCUT2D eigenvalue weighted by atomic mass is 35.5. The van der Waals surface area contributed by atoms with E-state index in [-0.39, 0.29) is 5.56 Å². The Hall–Kier alpha value is -3.72. The van der Waals surface area contributed by atoms with Gasteiger partial charge in [-0.2, -0.15) is 10.1 Å². The summed E-state index contributed by atoms with van der Waals surface area (Å²) in [5, 5.41) is 7.23. The van der Waals surface area contributed by atoms with Gasteiger partial charge in [-0.3, -0.25) is 9.78 Å². The van der Waals surface area contributed by atoms with Crippen molar-refractivity contribution >= 4 is 29.0 Å². The number of methoxy groups -OCH3 is 1. The number of halogens is 1. The van der Waals surface area contributed by atoms with Crippen molar-refractivity contribution in [3.05, 3.63) is 65.8 Å². The molecule has 0 fully saturated rings. The normalized spacial score (nSPS) is 10.6. The summed E-state index contributed by atoms with van der Waals surface area (Å²) in [5.41, 5.74) is 0.631. The van der Waals surface area contributed by atoms with Crippen LogP contribution in [0.15, 0.2) is 55.2 Å². The molecule has 4 aromatic rings. The van der Waals surface area contributed by atoms with Gasteiger partial charge in [-0.25, -0.2) is 9.50 Å². The molecule has 0 atom stereocenters. The number of rotatable bonds is 5. The number of aromatic nitrogens is 5. The van der Waals surface area contributed by atoms with Crippen LogP contribution in [0.2, 0.25) is 5.02 Å². The fourth-order valence-electron chi connectivity index (χ4n) is 2.49. The summed E-state index contributed by atoms with van der Waals surface area (Å²) in [6.07, 6.45) is 5.96. The maximum Gasteiger partial charge on any atom is 0.260 e. The van der Waals surface area contributed by atoms with Crippen LogP contribution in [-0.4, -0.2) is 37.6 Å². The Morgan fingerprint density at radius 3 is 2.93 bits per heavy atom. The van der Waals surface area contributed by atoms with Gasteiger partial charge in [0.25, 0.3) is 5.91 Å². The summed E-state index contributed by atoms with van der Waals surface area (Å²) >= 11 is 5.93. The standard InChI is InChI=1S/C18H13ClN6O3/c1-27-16-4-2-3-15(23-16)24-18(26)14-6-13(9-25-17(14)21-10-22-25)28-12-5-11(19)7-20-8-12/h2-10H,1H3,(H,23,24,26). The molecule has 0 saturated heterocycles. The predicted octanol–water partition coefficient (Wildman–Crippen LogP) is 3.23. The van der Waals surface area contributed by atoms with Gasteiger partial charge in [-0.1, -0.05) is 17.7 Å². The lowest BCUT2D eigenvalue weighted by atomic mass is 10.2. The number of carbonyl (C=O) groups excluding carboxylic acids is 1. The van der Waals surface area contributed by atoms with Gasteiger partial charge in [-0.15, -0.1) is 0 Å². The molecule has 9 nitrogen and oxygen atoms in total. The molecule has 0 aliphatic carbocycles. The molecule has 0 saturated carbocycles. The number of pyridine rings is 3. The molecule has 10 heteroatoms. The molecular weight excluding hydrogens is 384 g/mol. The van der Waals surface area contributed by atoms with E-state index in [0.29, 0.717) is 33.9 Å². The van der Waals surface area contributed by atoms with Crippen LogP contribution in [0.25, 0.3) is 5.65 Å². The van der Waals surface area contributed by atoms with Crippen LogP contribution in [-0.2, 0) is 0 Å². The maximum atomic E-state index is 12.8. The molecule has 0 aliphatic heterocycles. The van der Waals surface area contributed by atoms with Gasteiger partial charge in [0.05, 0.1) is 30.1 Å². The smallest absolute Gasteiger partial charge is 0.260 e. The number of nitrogens with one attached hydrogen (secondary N) is 1. The maximum absolute atomic E-state index is 12.8. The Labute approximate surface area is 163 Å². The van der Waals surface area contributed by atoms with Crippen molar-refractivity contribution in [2.75, 3.05) is 12.4 Å². The molecular formula is C18H13ClN6O3. The van der Waals surface area contributed by atoms with E-state index >= 15 is 0 Å². The third-order valence-electron chi connectivity index (χ3n) is 3.68. The number of fused-ring (bicyclic) bond motifs is 1. The van der Waals surface area contributed by atoms with E-state index in [0.717, 1.165) is 0 Å². The highest BCUT2D eigenvalue weighted by molar-refractivity contribution is 6.30. The molecule has 0 aliphatic rings. The topological polar surface area (TPSA) is 104 Å². The Bertz CT molecular complexity index is 1160. The predicted molar refractivity (Wildman–Crippen MR) is 101 cm³/mol. The minimum absolute atomic E-state index is 0.259. The van der Waals surface area contributed by atoms with Gasteiger partial charge in [-0.05, 0) is 12.1 Å². The summed E-state index contributed by atoms with van der Waals surface area (Å²) in [5.74, 6) is 1.09. The van der Waals surface area contributed by atoms with E-state index < -0.39 is 5.91 Å². The van der Waals surface area contributed by atoms with Crippen molar-refractivity contribution < 1.29 is 14.3 Å². The number of ether oxygens (including phenoxy) is 2. The summed E-state index contributed by atoms with van der Waals surface area (Å²) in [6, 6.07) is 8.22. The largest absolute Gasteiger partial charge is 0.481 e. The molecule has 0 unspecified atom stereocenters. The molecule has 0 aromatic carbocycles. The molecule has 0 bridgehead atoms.